The highest BCUT2D eigenvalue weighted by Gasteiger charge is 2.22. The summed E-state index contributed by atoms with van der Waals surface area (Å²) in [6, 6.07) is 3.99. The summed E-state index contributed by atoms with van der Waals surface area (Å²) >= 11 is 0. The van der Waals surface area contributed by atoms with Crippen molar-refractivity contribution in [2.75, 3.05) is 0 Å². The van der Waals surface area contributed by atoms with Gasteiger partial charge in [-0.05, 0) is 37.3 Å². The summed E-state index contributed by atoms with van der Waals surface area (Å²) in [5.41, 5.74) is 1.99. The monoisotopic (exact) mass is 219 g/mol. The summed E-state index contributed by atoms with van der Waals surface area (Å²) in [5, 5.41) is 10.3. The zero-order valence-corrected chi connectivity index (χ0v) is 10.0. The largest absolute Gasteiger partial charge is 0.388 e. The second kappa shape index (κ2) is 5.44. The minimum absolute atomic E-state index is 0.314. The number of hydrogen-bond acceptors (Lipinski definition) is 2. The lowest BCUT2D eigenvalue weighted by Gasteiger charge is -2.21. The van der Waals surface area contributed by atoms with E-state index in [-0.39, 0.29) is 6.10 Å². The number of aliphatic hydroxyl groups excluding tert-OH is 1. The first kappa shape index (κ1) is 11.6. The van der Waals surface area contributed by atoms with Gasteiger partial charge in [0.2, 0.25) is 0 Å². The Morgan fingerprint density at radius 2 is 1.88 bits per heavy atom. The molecule has 1 saturated carbocycles. The maximum Gasteiger partial charge on any atom is 0.0833 e. The van der Waals surface area contributed by atoms with Crippen LogP contribution in [0.15, 0.2) is 18.3 Å². The molecule has 1 fully saturated rings. The van der Waals surface area contributed by atoms with E-state index in [4.69, 9.17) is 0 Å². The van der Waals surface area contributed by atoms with Crippen LogP contribution in [0.2, 0.25) is 0 Å². The molecule has 1 aromatic heterocycles. The Labute approximate surface area is 97.7 Å². The molecule has 1 heterocycles. The fourth-order valence-corrected chi connectivity index (χ4v) is 2.55. The molecule has 1 aliphatic rings. The van der Waals surface area contributed by atoms with Gasteiger partial charge in [-0.3, -0.25) is 4.98 Å². The van der Waals surface area contributed by atoms with Gasteiger partial charge < -0.3 is 5.11 Å². The lowest BCUT2D eigenvalue weighted by molar-refractivity contribution is 0.0984. The average molecular weight is 219 g/mol. The molecule has 1 atom stereocenters. The lowest BCUT2D eigenvalue weighted by atomic mass is 9.90. The van der Waals surface area contributed by atoms with E-state index in [0.717, 1.165) is 24.1 Å². The van der Waals surface area contributed by atoms with Gasteiger partial charge in [-0.1, -0.05) is 31.7 Å². The number of rotatable bonds is 2. The van der Waals surface area contributed by atoms with Gasteiger partial charge >= 0.3 is 0 Å². The molecule has 16 heavy (non-hydrogen) atoms. The Kier molecular flexibility index (Phi) is 3.94. The fraction of sp³-hybridized carbons (Fsp3) is 0.643. The molecule has 1 aromatic rings. The molecule has 2 nitrogen and oxygen atoms in total. The summed E-state index contributed by atoms with van der Waals surface area (Å²) in [6.45, 7) is 1.97. The van der Waals surface area contributed by atoms with Gasteiger partial charge in [-0.15, -0.1) is 0 Å². The Morgan fingerprint density at radius 1 is 1.19 bits per heavy atom. The van der Waals surface area contributed by atoms with E-state index in [2.05, 4.69) is 4.98 Å². The zero-order valence-electron chi connectivity index (χ0n) is 10.0. The summed E-state index contributed by atoms with van der Waals surface area (Å²) < 4.78 is 0. The van der Waals surface area contributed by atoms with Crippen molar-refractivity contribution in [1.29, 1.82) is 0 Å². The normalized spacial score (nSPS) is 20.4. The number of hydrogen-bond donors (Lipinski definition) is 1. The predicted molar refractivity (Wildman–Crippen MR) is 65.1 cm³/mol. The van der Waals surface area contributed by atoms with Crippen LogP contribution >= 0.6 is 0 Å². The van der Waals surface area contributed by atoms with Crippen LogP contribution in [0.3, 0.4) is 0 Å². The summed E-state index contributed by atoms with van der Waals surface area (Å²) in [4.78, 5) is 4.26. The molecule has 0 saturated heterocycles. The molecule has 0 amide bonds. The SMILES string of the molecule is Cc1ccc(C(O)C2CCCCCC2)cn1. The molecular formula is C14H21NO. The van der Waals surface area contributed by atoms with Crippen molar-refractivity contribution in [3.05, 3.63) is 29.6 Å². The minimum atomic E-state index is -0.314. The molecule has 0 aliphatic heterocycles. The maximum absolute atomic E-state index is 10.3. The first-order chi connectivity index (χ1) is 7.77. The smallest absolute Gasteiger partial charge is 0.0833 e. The van der Waals surface area contributed by atoms with Gasteiger partial charge in [0, 0.05) is 11.9 Å². The highest BCUT2D eigenvalue weighted by Crippen LogP contribution is 2.33. The van der Waals surface area contributed by atoms with Gasteiger partial charge in [0.05, 0.1) is 6.10 Å². The van der Waals surface area contributed by atoms with E-state index < -0.39 is 0 Å². The average Bonchev–Trinajstić information content (AvgIpc) is 2.57. The van der Waals surface area contributed by atoms with E-state index in [1.54, 1.807) is 0 Å². The van der Waals surface area contributed by atoms with Crippen LogP contribution in [-0.2, 0) is 0 Å². The van der Waals surface area contributed by atoms with Gasteiger partial charge in [-0.2, -0.15) is 0 Å². The van der Waals surface area contributed by atoms with E-state index in [0.29, 0.717) is 5.92 Å². The van der Waals surface area contributed by atoms with Gasteiger partial charge in [0.1, 0.15) is 0 Å². The van der Waals surface area contributed by atoms with Gasteiger partial charge in [-0.25, -0.2) is 0 Å². The Hall–Kier alpha value is -0.890. The molecule has 1 aliphatic carbocycles. The van der Waals surface area contributed by atoms with Crippen LogP contribution in [0.25, 0.3) is 0 Å². The predicted octanol–water partition coefficient (Wildman–Crippen LogP) is 3.39. The third-order valence-corrected chi connectivity index (χ3v) is 3.62. The fourth-order valence-electron chi connectivity index (χ4n) is 2.55. The Balaban J connectivity index is 2.04. The molecule has 0 spiro atoms. The molecular weight excluding hydrogens is 198 g/mol. The number of aliphatic hydroxyl groups is 1. The Bertz CT molecular complexity index is 312. The second-order valence-electron chi connectivity index (χ2n) is 4.93. The summed E-state index contributed by atoms with van der Waals surface area (Å²) in [5.74, 6) is 0.437. The number of aromatic nitrogens is 1. The van der Waals surface area contributed by atoms with Crippen LogP contribution in [0, 0.1) is 12.8 Å². The Morgan fingerprint density at radius 3 is 2.44 bits per heavy atom. The van der Waals surface area contributed by atoms with E-state index in [1.807, 2.05) is 25.3 Å². The van der Waals surface area contributed by atoms with E-state index in [1.165, 1.54) is 25.7 Å². The van der Waals surface area contributed by atoms with Crippen LogP contribution in [-0.4, -0.2) is 10.1 Å². The topological polar surface area (TPSA) is 33.1 Å². The molecule has 1 unspecified atom stereocenters. The summed E-state index contributed by atoms with van der Waals surface area (Å²) in [6.07, 6.45) is 9.02. The van der Waals surface area contributed by atoms with Crippen LogP contribution < -0.4 is 0 Å². The molecule has 1 N–H and O–H groups in total. The van der Waals surface area contributed by atoms with Crippen molar-refractivity contribution >= 4 is 0 Å². The third kappa shape index (κ3) is 2.82. The quantitative estimate of drug-likeness (QED) is 0.773. The zero-order chi connectivity index (χ0) is 11.4. The minimum Gasteiger partial charge on any atom is -0.388 e. The first-order valence-corrected chi connectivity index (χ1v) is 6.38. The summed E-state index contributed by atoms with van der Waals surface area (Å²) in [7, 11) is 0. The van der Waals surface area contributed by atoms with Gasteiger partial charge in [0.15, 0.2) is 0 Å². The highest BCUT2D eigenvalue weighted by molar-refractivity contribution is 5.16. The van der Waals surface area contributed by atoms with Crippen molar-refractivity contribution in [1.82, 2.24) is 4.98 Å². The molecule has 0 radical (unpaired) electrons. The van der Waals surface area contributed by atoms with Gasteiger partial charge in [0.25, 0.3) is 0 Å². The molecule has 2 heteroatoms. The van der Waals surface area contributed by atoms with E-state index >= 15 is 0 Å². The maximum atomic E-state index is 10.3. The van der Waals surface area contributed by atoms with Crippen molar-refractivity contribution in [3.63, 3.8) is 0 Å². The van der Waals surface area contributed by atoms with E-state index in [9.17, 15) is 5.11 Å². The van der Waals surface area contributed by atoms with Crippen molar-refractivity contribution < 1.29 is 5.11 Å². The van der Waals surface area contributed by atoms with Crippen LogP contribution in [0.1, 0.15) is 55.9 Å². The number of nitrogens with zero attached hydrogens (tertiary/aromatic N) is 1. The van der Waals surface area contributed by atoms with Crippen molar-refractivity contribution in [3.8, 4) is 0 Å². The second-order valence-corrected chi connectivity index (χ2v) is 4.93. The van der Waals surface area contributed by atoms with Crippen LogP contribution in [0.5, 0.6) is 0 Å². The molecule has 88 valence electrons. The lowest BCUT2D eigenvalue weighted by Crippen LogP contribution is -2.12. The highest BCUT2D eigenvalue weighted by atomic mass is 16.3. The van der Waals surface area contributed by atoms with Crippen LogP contribution in [0.4, 0.5) is 0 Å². The van der Waals surface area contributed by atoms with Crippen molar-refractivity contribution in [2.24, 2.45) is 5.92 Å². The first-order valence-electron chi connectivity index (χ1n) is 6.38. The number of aryl methyl sites for hydroxylation is 1. The standard InChI is InChI=1S/C14H21NO/c1-11-8-9-13(10-15-11)14(16)12-6-4-2-3-5-7-12/h8-10,12,14,16H,2-7H2,1H3. The molecule has 0 aromatic carbocycles. The molecule has 0 bridgehead atoms. The number of pyridine rings is 1. The molecule has 2 rings (SSSR count). The van der Waals surface area contributed by atoms with Crippen molar-refractivity contribution in [2.45, 2.75) is 51.6 Å². The third-order valence-electron chi connectivity index (χ3n) is 3.62.